The quantitative estimate of drug-likeness (QED) is 0.528. The van der Waals surface area contributed by atoms with E-state index in [1.807, 2.05) is 30.3 Å². The van der Waals surface area contributed by atoms with E-state index in [4.69, 9.17) is 16.3 Å². The Balaban J connectivity index is 1.62. The Hall–Kier alpha value is -3.17. The van der Waals surface area contributed by atoms with Gasteiger partial charge in [-0.15, -0.1) is 0 Å². The third-order valence-electron chi connectivity index (χ3n) is 4.75. The highest BCUT2D eigenvalue weighted by atomic mass is 35.5. The van der Waals surface area contributed by atoms with Crippen LogP contribution in [0.3, 0.4) is 0 Å². The third kappa shape index (κ3) is 5.43. The second kappa shape index (κ2) is 9.85. The number of anilines is 3. The Kier molecular flexibility index (Phi) is 6.99. The van der Waals surface area contributed by atoms with E-state index >= 15 is 0 Å². The van der Waals surface area contributed by atoms with Gasteiger partial charge in [-0.2, -0.15) is 5.26 Å². The number of carbonyl (C=O) groups is 1. The van der Waals surface area contributed by atoms with Crippen LogP contribution in [0.15, 0.2) is 54.2 Å². The van der Waals surface area contributed by atoms with Crippen molar-refractivity contribution in [2.24, 2.45) is 0 Å². The average molecular weight is 411 g/mol. The van der Waals surface area contributed by atoms with E-state index in [0.717, 1.165) is 18.8 Å². The fourth-order valence-corrected chi connectivity index (χ4v) is 3.42. The van der Waals surface area contributed by atoms with Crippen LogP contribution >= 0.6 is 11.6 Å². The minimum atomic E-state index is -0.522. The van der Waals surface area contributed by atoms with E-state index in [2.05, 4.69) is 15.5 Å². The first-order valence-corrected chi connectivity index (χ1v) is 9.85. The van der Waals surface area contributed by atoms with Crippen LogP contribution in [0.1, 0.15) is 19.3 Å². The van der Waals surface area contributed by atoms with Gasteiger partial charge in [0.2, 0.25) is 0 Å². The number of nitrogens with one attached hydrogen (secondary N) is 2. The van der Waals surface area contributed by atoms with Crippen molar-refractivity contribution in [1.29, 1.82) is 5.26 Å². The van der Waals surface area contributed by atoms with Crippen molar-refractivity contribution in [1.82, 2.24) is 0 Å². The molecule has 0 bridgehead atoms. The molecule has 2 aromatic rings. The zero-order valence-electron chi connectivity index (χ0n) is 16.2. The summed E-state index contributed by atoms with van der Waals surface area (Å²) in [5.74, 6) is -0.0125. The number of carbonyl (C=O) groups excluding carboxylic acids is 1. The SMILES string of the molecule is COc1ccc(NC(=O)/C(C#N)=C\Nc2ccc(N3CCCCC3)cc2)cc1Cl. The molecule has 7 heteroatoms. The van der Waals surface area contributed by atoms with Crippen LogP contribution in [0.5, 0.6) is 5.75 Å². The molecule has 0 spiro atoms. The summed E-state index contributed by atoms with van der Waals surface area (Å²) in [4.78, 5) is 14.7. The maximum Gasteiger partial charge on any atom is 0.267 e. The predicted molar refractivity (Wildman–Crippen MR) is 116 cm³/mol. The Morgan fingerprint density at radius 2 is 1.83 bits per heavy atom. The van der Waals surface area contributed by atoms with Crippen molar-refractivity contribution < 1.29 is 9.53 Å². The van der Waals surface area contributed by atoms with Crippen molar-refractivity contribution in [2.45, 2.75) is 19.3 Å². The number of hydrogen-bond donors (Lipinski definition) is 2. The number of benzene rings is 2. The van der Waals surface area contributed by atoms with Crippen molar-refractivity contribution in [2.75, 3.05) is 35.7 Å². The standard InChI is InChI=1S/C22H23ClN4O2/c1-29-21-10-7-18(13-20(21)23)26-22(28)16(14-24)15-25-17-5-8-19(9-6-17)27-11-3-2-4-12-27/h5-10,13,15,25H,2-4,11-12H2,1H3,(H,26,28)/b16-15-. The zero-order chi connectivity index (χ0) is 20.6. The molecule has 1 aliphatic rings. The molecule has 1 saturated heterocycles. The first-order chi connectivity index (χ1) is 14.1. The number of rotatable bonds is 6. The second-order valence-corrected chi connectivity index (χ2v) is 7.12. The number of amides is 1. The van der Waals surface area contributed by atoms with E-state index in [-0.39, 0.29) is 5.57 Å². The predicted octanol–water partition coefficient (Wildman–Crippen LogP) is 4.80. The molecule has 150 valence electrons. The van der Waals surface area contributed by atoms with Gasteiger partial charge in [0.25, 0.3) is 5.91 Å². The number of nitriles is 1. The van der Waals surface area contributed by atoms with Gasteiger partial charge in [0.15, 0.2) is 0 Å². The Morgan fingerprint density at radius 1 is 1.14 bits per heavy atom. The maximum atomic E-state index is 12.4. The first-order valence-electron chi connectivity index (χ1n) is 9.47. The molecule has 0 unspecified atom stereocenters. The Bertz CT molecular complexity index is 929. The lowest BCUT2D eigenvalue weighted by molar-refractivity contribution is -0.112. The summed E-state index contributed by atoms with van der Waals surface area (Å²) in [7, 11) is 1.51. The topological polar surface area (TPSA) is 77.4 Å². The monoisotopic (exact) mass is 410 g/mol. The lowest BCUT2D eigenvalue weighted by Gasteiger charge is -2.28. The van der Waals surface area contributed by atoms with E-state index in [1.54, 1.807) is 18.2 Å². The van der Waals surface area contributed by atoms with E-state index in [0.29, 0.717) is 16.5 Å². The van der Waals surface area contributed by atoms with Gasteiger partial charge in [0, 0.05) is 36.4 Å². The number of piperidine rings is 1. The molecule has 0 aromatic heterocycles. The van der Waals surface area contributed by atoms with Gasteiger partial charge in [0.05, 0.1) is 12.1 Å². The highest BCUT2D eigenvalue weighted by Crippen LogP contribution is 2.27. The van der Waals surface area contributed by atoms with Crippen LogP contribution in [0.4, 0.5) is 17.1 Å². The number of halogens is 1. The molecule has 2 aromatic carbocycles. The van der Waals surface area contributed by atoms with Crippen LogP contribution in [0, 0.1) is 11.3 Å². The van der Waals surface area contributed by atoms with Crippen molar-refractivity contribution in [3.63, 3.8) is 0 Å². The van der Waals surface area contributed by atoms with Crippen molar-refractivity contribution in [3.05, 3.63) is 59.3 Å². The van der Waals surface area contributed by atoms with Gasteiger partial charge < -0.3 is 20.3 Å². The molecule has 0 saturated carbocycles. The fourth-order valence-electron chi connectivity index (χ4n) is 3.17. The number of hydrogen-bond acceptors (Lipinski definition) is 5. The number of methoxy groups -OCH3 is 1. The number of ether oxygens (including phenoxy) is 1. The summed E-state index contributed by atoms with van der Waals surface area (Å²) >= 11 is 6.06. The summed E-state index contributed by atoms with van der Waals surface area (Å²) in [6.45, 7) is 2.17. The average Bonchev–Trinajstić information content (AvgIpc) is 2.75. The molecular weight excluding hydrogens is 388 g/mol. The highest BCUT2D eigenvalue weighted by molar-refractivity contribution is 6.32. The third-order valence-corrected chi connectivity index (χ3v) is 5.04. The summed E-state index contributed by atoms with van der Waals surface area (Å²) in [5, 5.41) is 15.4. The molecule has 1 fully saturated rings. The largest absolute Gasteiger partial charge is 0.495 e. The summed E-state index contributed by atoms with van der Waals surface area (Å²) in [6.07, 6.45) is 5.14. The molecular formula is C22H23ClN4O2. The van der Waals surface area contributed by atoms with Gasteiger partial charge in [0.1, 0.15) is 17.4 Å². The van der Waals surface area contributed by atoms with Crippen molar-refractivity contribution in [3.8, 4) is 11.8 Å². The van der Waals surface area contributed by atoms with Crippen LogP contribution in [-0.2, 0) is 4.79 Å². The van der Waals surface area contributed by atoms with Crippen molar-refractivity contribution >= 4 is 34.6 Å². The summed E-state index contributed by atoms with van der Waals surface area (Å²) in [5.41, 5.74) is 2.43. The lowest BCUT2D eigenvalue weighted by atomic mass is 10.1. The number of nitrogens with zero attached hydrogens (tertiary/aromatic N) is 2. The molecule has 0 aliphatic carbocycles. The van der Waals surface area contributed by atoms with E-state index < -0.39 is 5.91 Å². The van der Waals surface area contributed by atoms with Crippen LogP contribution in [-0.4, -0.2) is 26.1 Å². The van der Waals surface area contributed by atoms with E-state index in [1.165, 1.54) is 38.3 Å². The molecule has 1 heterocycles. The lowest BCUT2D eigenvalue weighted by Crippen LogP contribution is -2.29. The fraction of sp³-hybridized carbons (Fsp3) is 0.273. The van der Waals surface area contributed by atoms with E-state index in [9.17, 15) is 10.1 Å². The summed E-state index contributed by atoms with van der Waals surface area (Å²) < 4.78 is 5.09. The molecule has 6 nitrogen and oxygen atoms in total. The van der Waals surface area contributed by atoms with Gasteiger partial charge in [-0.25, -0.2) is 0 Å². The molecule has 1 aliphatic heterocycles. The zero-order valence-corrected chi connectivity index (χ0v) is 17.0. The normalized spacial score (nSPS) is 14.1. The van der Waals surface area contributed by atoms with Crippen LogP contribution in [0.25, 0.3) is 0 Å². The molecule has 3 rings (SSSR count). The first kappa shape index (κ1) is 20.6. The van der Waals surface area contributed by atoms with Crippen LogP contribution in [0.2, 0.25) is 5.02 Å². The second-order valence-electron chi connectivity index (χ2n) is 6.71. The smallest absolute Gasteiger partial charge is 0.267 e. The molecule has 0 atom stereocenters. The Labute approximate surface area is 175 Å². The minimum Gasteiger partial charge on any atom is -0.495 e. The minimum absolute atomic E-state index is 0.0444. The van der Waals surface area contributed by atoms with Gasteiger partial charge in [-0.3, -0.25) is 4.79 Å². The Morgan fingerprint density at radius 3 is 2.45 bits per heavy atom. The van der Waals surface area contributed by atoms with Gasteiger partial charge in [-0.1, -0.05) is 11.6 Å². The highest BCUT2D eigenvalue weighted by Gasteiger charge is 2.12. The maximum absolute atomic E-state index is 12.4. The van der Waals surface area contributed by atoms with Gasteiger partial charge in [-0.05, 0) is 61.7 Å². The summed E-state index contributed by atoms with van der Waals surface area (Å²) in [6, 6.07) is 14.8. The van der Waals surface area contributed by atoms with Crippen LogP contribution < -0.4 is 20.3 Å². The molecule has 1 amide bonds. The molecule has 29 heavy (non-hydrogen) atoms. The molecule has 0 radical (unpaired) electrons. The van der Waals surface area contributed by atoms with Gasteiger partial charge >= 0.3 is 0 Å². The molecule has 2 N–H and O–H groups in total.